The fourth-order valence-electron chi connectivity index (χ4n) is 3.08. The monoisotopic (exact) mass is 319 g/mol. The Labute approximate surface area is 141 Å². The van der Waals surface area contributed by atoms with Crippen molar-refractivity contribution in [1.82, 2.24) is 4.90 Å². The van der Waals surface area contributed by atoms with Crippen LogP contribution in [0.4, 0.5) is 4.39 Å². The molecule has 0 aliphatic carbocycles. The second kappa shape index (κ2) is 6.46. The van der Waals surface area contributed by atoms with Gasteiger partial charge in [-0.3, -0.25) is 4.90 Å². The molecule has 0 unspecified atom stereocenters. The Hall–Kier alpha value is -2.65. The zero-order valence-corrected chi connectivity index (χ0v) is 13.3. The van der Waals surface area contributed by atoms with Gasteiger partial charge in [-0.25, -0.2) is 4.39 Å². The maximum atomic E-state index is 12.9. The number of ether oxygens (including phenoxy) is 1. The van der Waals surface area contributed by atoms with E-state index < -0.39 is 0 Å². The third-order valence-corrected chi connectivity index (χ3v) is 4.29. The van der Waals surface area contributed by atoms with E-state index in [4.69, 9.17) is 4.74 Å². The van der Waals surface area contributed by atoms with Crippen LogP contribution in [-0.4, -0.2) is 4.90 Å². The first-order valence-corrected chi connectivity index (χ1v) is 8.08. The average molecular weight is 319 g/mol. The molecule has 0 saturated heterocycles. The van der Waals surface area contributed by atoms with Crippen molar-refractivity contribution in [3.8, 4) is 11.5 Å². The number of benzene rings is 3. The second-order valence-corrected chi connectivity index (χ2v) is 6.11. The summed E-state index contributed by atoms with van der Waals surface area (Å²) in [4.78, 5) is 2.43. The second-order valence-electron chi connectivity index (χ2n) is 6.11. The van der Waals surface area contributed by atoms with Gasteiger partial charge >= 0.3 is 0 Å². The van der Waals surface area contributed by atoms with Crippen molar-refractivity contribution >= 4 is 0 Å². The molecule has 0 amide bonds. The standard InChI is InChI=1S/C21H18FNO/c22-19-7-11-21(12-8-19)24-20-9-5-16(6-10-20)13-23-14-17-3-1-2-4-18(17)15-23/h1-12H,13-15H2. The molecule has 0 bridgehead atoms. The first-order valence-electron chi connectivity index (χ1n) is 8.08. The fraction of sp³-hybridized carbons (Fsp3) is 0.143. The molecule has 0 spiro atoms. The van der Waals surface area contributed by atoms with Crippen LogP contribution in [0, 0.1) is 5.82 Å². The molecular weight excluding hydrogens is 301 g/mol. The summed E-state index contributed by atoms with van der Waals surface area (Å²) in [5.41, 5.74) is 4.11. The van der Waals surface area contributed by atoms with E-state index in [0.29, 0.717) is 5.75 Å². The SMILES string of the molecule is Fc1ccc(Oc2ccc(CN3Cc4ccccc4C3)cc2)cc1. The molecular formula is C21H18FNO. The molecule has 3 heteroatoms. The average Bonchev–Trinajstić information content (AvgIpc) is 3.01. The highest BCUT2D eigenvalue weighted by molar-refractivity contribution is 5.34. The van der Waals surface area contributed by atoms with Gasteiger partial charge in [0.15, 0.2) is 0 Å². The lowest BCUT2D eigenvalue weighted by Gasteiger charge is -2.15. The highest BCUT2D eigenvalue weighted by atomic mass is 19.1. The molecule has 0 saturated carbocycles. The minimum atomic E-state index is -0.260. The van der Waals surface area contributed by atoms with Crippen LogP contribution in [0.1, 0.15) is 16.7 Å². The lowest BCUT2D eigenvalue weighted by molar-refractivity contribution is 0.275. The molecule has 4 rings (SSSR count). The van der Waals surface area contributed by atoms with Crippen molar-refractivity contribution in [2.24, 2.45) is 0 Å². The summed E-state index contributed by atoms with van der Waals surface area (Å²) in [5, 5.41) is 0. The highest BCUT2D eigenvalue weighted by Crippen LogP contribution is 2.26. The summed E-state index contributed by atoms with van der Waals surface area (Å²) < 4.78 is 18.6. The largest absolute Gasteiger partial charge is 0.457 e. The van der Waals surface area contributed by atoms with E-state index in [2.05, 4.69) is 41.3 Å². The number of rotatable bonds is 4. The van der Waals surface area contributed by atoms with Gasteiger partial charge in [0.25, 0.3) is 0 Å². The van der Waals surface area contributed by atoms with Gasteiger partial charge in [-0.2, -0.15) is 0 Å². The Kier molecular flexibility index (Phi) is 4.01. The summed E-state index contributed by atoms with van der Waals surface area (Å²) >= 11 is 0. The summed E-state index contributed by atoms with van der Waals surface area (Å²) in [6.45, 7) is 2.93. The zero-order valence-electron chi connectivity index (χ0n) is 13.3. The lowest BCUT2D eigenvalue weighted by atomic mass is 10.1. The van der Waals surface area contributed by atoms with Gasteiger partial charge < -0.3 is 4.74 Å². The Balaban J connectivity index is 1.39. The highest BCUT2D eigenvalue weighted by Gasteiger charge is 2.17. The van der Waals surface area contributed by atoms with Gasteiger partial charge in [0, 0.05) is 19.6 Å². The smallest absolute Gasteiger partial charge is 0.127 e. The normalized spacial score (nSPS) is 13.7. The number of nitrogens with zero attached hydrogens (tertiary/aromatic N) is 1. The van der Waals surface area contributed by atoms with Crippen molar-refractivity contribution in [2.75, 3.05) is 0 Å². The predicted molar refractivity (Wildman–Crippen MR) is 92.3 cm³/mol. The molecule has 0 atom stereocenters. The van der Waals surface area contributed by atoms with Crippen molar-refractivity contribution in [1.29, 1.82) is 0 Å². The Bertz CT molecular complexity index is 802. The Morgan fingerprint density at radius 1 is 0.750 bits per heavy atom. The first kappa shape index (κ1) is 14.9. The minimum absolute atomic E-state index is 0.260. The Morgan fingerprint density at radius 2 is 1.29 bits per heavy atom. The van der Waals surface area contributed by atoms with Gasteiger partial charge in [0.1, 0.15) is 17.3 Å². The number of fused-ring (bicyclic) bond motifs is 1. The topological polar surface area (TPSA) is 12.5 Å². The minimum Gasteiger partial charge on any atom is -0.457 e. The molecule has 0 aromatic heterocycles. The van der Waals surface area contributed by atoms with Crippen LogP contribution in [0.15, 0.2) is 72.8 Å². The molecule has 2 nitrogen and oxygen atoms in total. The summed E-state index contributed by atoms with van der Waals surface area (Å²) in [7, 11) is 0. The van der Waals surface area contributed by atoms with Crippen LogP contribution in [0.2, 0.25) is 0 Å². The molecule has 0 N–H and O–H groups in total. The van der Waals surface area contributed by atoms with Crippen LogP contribution < -0.4 is 4.74 Å². The van der Waals surface area contributed by atoms with Crippen LogP contribution in [0.5, 0.6) is 11.5 Å². The molecule has 1 aliphatic heterocycles. The van der Waals surface area contributed by atoms with E-state index >= 15 is 0 Å². The number of halogens is 1. The molecule has 0 fully saturated rings. The molecule has 1 aliphatic rings. The van der Waals surface area contributed by atoms with Gasteiger partial charge in [0.2, 0.25) is 0 Å². The van der Waals surface area contributed by atoms with Crippen LogP contribution in [-0.2, 0) is 19.6 Å². The van der Waals surface area contributed by atoms with Crippen LogP contribution in [0.3, 0.4) is 0 Å². The van der Waals surface area contributed by atoms with E-state index in [1.165, 1.54) is 28.8 Å². The first-order chi connectivity index (χ1) is 11.8. The summed E-state index contributed by atoms with van der Waals surface area (Å²) in [5.74, 6) is 1.14. The predicted octanol–water partition coefficient (Wildman–Crippen LogP) is 5.13. The van der Waals surface area contributed by atoms with E-state index in [0.717, 1.165) is 25.4 Å². The zero-order chi connectivity index (χ0) is 16.4. The maximum Gasteiger partial charge on any atom is 0.127 e. The third kappa shape index (κ3) is 3.31. The van der Waals surface area contributed by atoms with E-state index in [1.54, 1.807) is 12.1 Å². The van der Waals surface area contributed by atoms with Crippen molar-refractivity contribution in [2.45, 2.75) is 19.6 Å². The molecule has 120 valence electrons. The molecule has 24 heavy (non-hydrogen) atoms. The molecule has 3 aromatic rings. The number of hydrogen-bond donors (Lipinski definition) is 0. The van der Waals surface area contributed by atoms with Crippen molar-refractivity contribution in [3.05, 3.63) is 95.3 Å². The third-order valence-electron chi connectivity index (χ3n) is 4.29. The maximum absolute atomic E-state index is 12.9. The van der Waals surface area contributed by atoms with E-state index in [1.807, 2.05) is 12.1 Å². The van der Waals surface area contributed by atoms with Gasteiger partial charge in [-0.15, -0.1) is 0 Å². The molecule has 1 heterocycles. The van der Waals surface area contributed by atoms with Crippen molar-refractivity contribution in [3.63, 3.8) is 0 Å². The van der Waals surface area contributed by atoms with E-state index in [9.17, 15) is 4.39 Å². The van der Waals surface area contributed by atoms with Crippen LogP contribution in [0.25, 0.3) is 0 Å². The van der Waals surface area contributed by atoms with Crippen molar-refractivity contribution < 1.29 is 9.13 Å². The van der Waals surface area contributed by atoms with Gasteiger partial charge in [-0.1, -0.05) is 36.4 Å². The Morgan fingerprint density at radius 3 is 1.88 bits per heavy atom. The van der Waals surface area contributed by atoms with E-state index in [-0.39, 0.29) is 5.82 Å². The molecule has 3 aromatic carbocycles. The van der Waals surface area contributed by atoms with Gasteiger partial charge in [-0.05, 0) is 53.1 Å². The quantitative estimate of drug-likeness (QED) is 0.660. The lowest BCUT2D eigenvalue weighted by Crippen LogP contribution is -2.15. The molecule has 0 radical (unpaired) electrons. The number of hydrogen-bond acceptors (Lipinski definition) is 2. The van der Waals surface area contributed by atoms with Gasteiger partial charge in [0.05, 0.1) is 0 Å². The fourth-order valence-corrected chi connectivity index (χ4v) is 3.08. The summed E-state index contributed by atoms with van der Waals surface area (Å²) in [6, 6.07) is 22.8. The summed E-state index contributed by atoms with van der Waals surface area (Å²) in [6.07, 6.45) is 0. The van der Waals surface area contributed by atoms with Crippen LogP contribution >= 0.6 is 0 Å².